The first-order valence-corrected chi connectivity index (χ1v) is 8.70. The van der Waals surface area contributed by atoms with Crippen molar-refractivity contribution >= 4 is 17.5 Å². The fourth-order valence-electron chi connectivity index (χ4n) is 2.94. The van der Waals surface area contributed by atoms with E-state index in [2.05, 4.69) is 24.1 Å². The molecule has 0 atom stereocenters. The van der Waals surface area contributed by atoms with Crippen LogP contribution in [0.25, 0.3) is 0 Å². The molecule has 3 rings (SSSR count). The van der Waals surface area contributed by atoms with Crippen LogP contribution in [0.15, 0.2) is 42.7 Å². The van der Waals surface area contributed by atoms with Gasteiger partial charge in [0.1, 0.15) is 0 Å². The summed E-state index contributed by atoms with van der Waals surface area (Å²) in [4.78, 5) is 30.8. The number of hydrogen-bond donors (Lipinski definition) is 1. The minimum Gasteiger partial charge on any atom is -0.339 e. The van der Waals surface area contributed by atoms with Crippen LogP contribution in [-0.2, 0) is 0 Å². The minimum atomic E-state index is -0.263. The van der Waals surface area contributed by atoms with Crippen LogP contribution in [0.5, 0.6) is 0 Å². The molecule has 2 aromatic rings. The SMILES string of the molecule is CC(C)c1ccc(NC(=O)c2cncc(C(=O)N3CCCC3)c2)cc1. The van der Waals surface area contributed by atoms with E-state index < -0.39 is 0 Å². The largest absolute Gasteiger partial charge is 0.339 e. The molecule has 0 spiro atoms. The number of likely N-dealkylation sites (tertiary alicyclic amines) is 1. The Morgan fingerprint density at radius 2 is 1.68 bits per heavy atom. The molecular weight excluding hydrogens is 314 g/mol. The first-order valence-electron chi connectivity index (χ1n) is 8.70. The van der Waals surface area contributed by atoms with Crippen molar-refractivity contribution < 1.29 is 9.59 Å². The van der Waals surface area contributed by atoms with Crippen molar-refractivity contribution in [2.24, 2.45) is 0 Å². The molecule has 0 unspecified atom stereocenters. The summed E-state index contributed by atoms with van der Waals surface area (Å²) < 4.78 is 0. The van der Waals surface area contributed by atoms with E-state index in [9.17, 15) is 9.59 Å². The summed E-state index contributed by atoms with van der Waals surface area (Å²) in [6.07, 6.45) is 5.07. The Bertz CT molecular complexity index is 763. The van der Waals surface area contributed by atoms with Gasteiger partial charge in [0.25, 0.3) is 11.8 Å². The molecule has 2 heterocycles. The maximum absolute atomic E-state index is 12.5. The fraction of sp³-hybridized carbons (Fsp3) is 0.350. The molecular formula is C20H23N3O2. The van der Waals surface area contributed by atoms with Crippen molar-refractivity contribution in [3.8, 4) is 0 Å². The third-order valence-corrected chi connectivity index (χ3v) is 4.48. The smallest absolute Gasteiger partial charge is 0.257 e. The van der Waals surface area contributed by atoms with Gasteiger partial charge in [-0.3, -0.25) is 14.6 Å². The van der Waals surface area contributed by atoms with Crippen molar-refractivity contribution in [1.29, 1.82) is 0 Å². The van der Waals surface area contributed by atoms with Crippen molar-refractivity contribution in [1.82, 2.24) is 9.88 Å². The van der Waals surface area contributed by atoms with Gasteiger partial charge in [-0.15, -0.1) is 0 Å². The number of benzene rings is 1. The van der Waals surface area contributed by atoms with Crippen LogP contribution in [0.4, 0.5) is 5.69 Å². The number of pyridine rings is 1. The number of anilines is 1. The zero-order chi connectivity index (χ0) is 17.8. The molecule has 1 aliphatic rings. The van der Waals surface area contributed by atoms with E-state index in [4.69, 9.17) is 0 Å². The monoisotopic (exact) mass is 337 g/mol. The van der Waals surface area contributed by atoms with E-state index in [1.54, 1.807) is 6.07 Å². The fourth-order valence-corrected chi connectivity index (χ4v) is 2.94. The highest BCUT2D eigenvalue weighted by Crippen LogP contribution is 2.18. The van der Waals surface area contributed by atoms with Crippen molar-refractivity contribution in [2.45, 2.75) is 32.6 Å². The Morgan fingerprint density at radius 1 is 1.04 bits per heavy atom. The quantitative estimate of drug-likeness (QED) is 0.925. The van der Waals surface area contributed by atoms with E-state index >= 15 is 0 Å². The summed E-state index contributed by atoms with van der Waals surface area (Å²) in [6, 6.07) is 9.41. The Balaban J connectivity index is 1.71. The summed E-state index contributed by atoms with van der Waals surface area (Å²) in [6.45, 7) is 5.80. The Kier molecular flexibility index (Phi) is 5.12. The van der Waals surface area contributed by atoms with Gasteiger partial charge in [0.15, 0.2) is 0 Å². The Hall–Kier alpha value is -2.69. The number of nitrogens with one attached hydrogen (secondary N) is 1. The number of amides is 2. The van der Waals surface area contributed by atoms with Crippen LogP contribution in [0.2, 0.25) is 0 Å². The van der Waals surface area contributed by atoms with Gasteiger partial charge in [-0.1, -0.05) is 26.0 Å². The lowest BCUT2D eigenvalue weighted by Gasteiger charge is -2.15. The summed E-state index contributed by atoms with van der Waals surface area (Å²) in [5.41, 5.74) is 2.80. The van der Waals surface area contributed by atoms with Gasteiger partial charge in [-0.25, -0.2) is 0 Å². The number of aromatic nitrogens is 1. The van der Waals surface area contributed by atoms with Crippen LogP contribution in [0.1, 0.15) is 58.9 Å². The number of nitrogens with zero attached hydrogens (tertiary/aromatic N) is 2. The lowest BCUT2D eigenvalue weighted by molar-refractivity contribution is 0.0792. The highest BCUT2D eigenvalue weighted by molar-refractivity contribution is 6.05. The van der Waals surface area contributed by atoms with Gasteiger partial charge < -0.3 is 10.2 Å². The summed E-state index contributed by atoms with van der Waals surface area (Å²) >= 11 is 0. The van der Waals surface area contributed by atoms with Crippen molar-refractivity contribution in [2.75, 3.05) is 18.4 Å². The highest BCUT2D eigenvalue weighted by Gasteiger charge is 2.20. The van der Waals surface area contributed by atoms with Gasteiger partial charge in [-0.2, -0.15) is 0 Å². The first kappa shape index (κ1) is 17.1. The summed E-state index contributed by atoms with van der Waals surface area (Å²) in [5, 5.41) is 2.86. The molecule has 25 heavy (non-hydrogen) atoms. The number of carbonyl (C=O) groups excluding carboxylic acids is 2. The summed E-state index contributed by atoms with van der Waals surface area (Å²) in [5.74, 6) is 0.129. The van der Waals surface area contributed by atoms with Gasteiger partial charge >= 0.3 is 0 Å². The number of rotatable bonds is 4. The standard InChI is InChI=1S/C20H23N3O2/c1-14(2)15-5-7-18(8-6-15)22-19(24)16-11-17(13-21-12-16)20(25)23-9-3-4-10-23/h5-8,11-14H,3-4,9-10H2,1-2H3,(H,22,24). The van der Waals surface area contributed by atoms with Crippen molar-refractivity contribution in [3.05, 3.63) is 59.4 Å². The second-order valence-corrected chi connectivity index (χ2v) is 6.69. The third-order valence-electron chi connectivity index (χ3n) is 4.48. The predicted octanol–water partition coefficient (Wildman–Crippen LogP) is 3.69. The van der Waals surface area contributed by atoms with E-state index in [-0.39, 0.29) is 11.8 Å². The molecule has 2 amide bonds. The number of hydrogen-bond acceptors (Lipinski definition) is 3. The lowest BCUT2D eigenvalue weighted by atomic mass is 10.0. The molecule has 0 bridgehead atoms. The van der Waals surface area contributed by atoms with E-state index in [0.717, 1.165) is 31.6 Å². The maximum atomic E-state index is 12.5. The summed E-state index contributed by atoms with van der Waals surface area (Å²) in [7, 11) is 0. The maximum Gasteiger partial charge on any atom is 0.257 e. The first-order chi connectivity index (χ1) is 12.0. The van der Waals surface area contributed by atoms with Crippen LogP contribution in [-0.4, -0.2) is 34.8 Å². The molecule has 5 heteroatoms. The molecule has 0 saturated carbocycles. The predicted molar refractivity (Wildman–Crippen MR) is 97.9 cm³/mol. The number of carbonyl (C=O) groups is 2. The molecule has 0 aliphatic carbocycles. The van der Waals surface area contributed by atoms with Crippen LogP contribution < -0.4 is 5.32 Å². The Labute approximate surface area is 148 Å². The van der Waals surface area contributed by atoms with Gasteiger partial charge in [0.2, 0.25) is 0 Å². The van der Waals surface area contributed by atoms with Gasteiger partial charge in [0, 0.05) is 31.2 Å². The highest BCUT2D eigenvalue weighted by atomic mass is 16.2. The Morgan fingerprint density at radius 3 is 2.32 bits per heavy atom. The van der Waals surface area contributed by atoms with Gasteiger partial charge in [-0.05, 0) is 42.5 Å². The molecule has 5 nitrogen and oxygen atoms in total. The van der Waals surface area contributed by atoms with E-state index in [1.165, 1.54) is 18.0 Å². The molecule has 1 N–H and O–H groups in total. The van der Waals surface area contributed by atoms with Crippen LogP contribution in [0, 0.1) is 0 Å². The third kappa shape index (κ3) is 4.05. The van der Waals surface area contributed by atoms with E-state index in [0.29, 0.717) is 17.0 Å². The van der Waals surface area contributed by atoms with Crippen molar-refractivity contribution in [3.63, 3.8) is 0 Å². The molecule has 1 saturated heterocycles. The average molecular weight is 337 g/mol. The average Bonchev–Trinajstić information content (AvgIpc) is 3.16. The zero-order valence-electron chi connectivity index (χ0n) is 14.7. The topological polar surface area (TPSA) is 62.3 Å². The second kappa shape index (κ2) is 7.47. The normalized spacial score (nSPS) is 14.0. The molecule has 1 aromatic heterocycles. The molecule has 1 aliphatic heterocycles. The molecule has 0 radical (unpaired) electrons. The minimum absolute atomic E-state index is 0.0547. The molecule has 1 aromatic carbocycles. The molecule has 130 valence electrons. The molecule has 1 fully saturated rings. The van der Waals surface area contributed by atoms with Crippen LogP contribution >= 0.6 is 0 Å². The van der Waals surface area contributed by atoms with E-state index in [1.807, 2.05) is 29.2 Å². The lowest BCUT2D eigenvalue weighted by Crippen LogP contribution is -2.28. The second-order valence-electron chi connectivity index (χ2n) is 6.69. The zero-order valence-corrected chi connectivity index (χ0v) is 14.7. The van der Waals surface area contributed by atoms with Gasteiger partial charge in [0.05, 0.1) is 11.1 Å². The van der Waals surface area contributed by atoms with Crippen LogP contribution in [0.3, 0.4) is 0 Å².